The number of hydrogen-bond acceptors (Lipinski definition) is 3. The summed E-state index contributed by atoms with van der Waals surface area (Å²) in [5.74, 6) is 0.563. The average molecular weight is 217 g/mol. The van der Waals surface area contributed by atoms with E-state index in [1.54, 1.807) is 13.4 Å². The Morgan fingerprint density at radius 2 is 2.12 bits per heavy atom. The van der Waals surface area contributed by atoms with E-state index in [2.05, 4.69) is 11.1 Å². The van der Waals surface area contributed by atoms with Gasteiger partial charge in [-0.05, 0) is 24.6 Å². The van der Waals surface area contributed by atoms with Gasteiger partial charge in [-0.1, -0.05) is 0 Å². The molecule has 0 radical (unpaired) electrons. The zero-order valence-electron chi connectivity index (χ0n) is 9.98. The maximum absolute atomic E-state index is 9.07. The maximum Gasteiger partial charge on any atom is 0.139 e. The van der Waals surface area contributed by atoms with E-state index < -0.39 is 0 Å². The lowest BCUT2D eigenvalue weighted by Gasteiger charge is -2.08. The van der Waals surface area contributed by atoms with Gasteiger partial charge in [-0.15, -0.1) is 0 Å². The topological polar surface area (TPSA) is 48.6 Å². The summed E-state index contributed by atoms with van der Waals surface area (Å²) in [6, 6.07) is 5.80. The van der Waals surface area contributed by atoms with E-state index in [4.69, 9.17) is 10.00 Å². The van der Waals surface area contributed by atoms with Crippen LogP contribution in [0.4, 0.5) is 5.69 Å². The lowest BCUT2D eigenvalue weighted by atomic mass is 10.1. The molecule has 0 saturated heterocycles. The Hall–Kier alpha value is -2.02. The zero-order chi connectivity index (χ0) is 12.1. The number of methoxy groups -OCH3 is 1. The van der Waals surface area contributed by atoms with Crippen LogP contribution < -0.4 is 4.74 Å². The Bertz CT molecular complexity index is 444. The monoisotopic (exact) mass is 217 g/mol. The van der Waals surface area contributed by atoms with Crippen LogP contribution in [0.3, 0.4) is 0 Å². The molecular formula is C12H15N3O. The quantitative estimate of drug-likeness (QED) is 0.575. The van der Waals surface area contributed by atoms with Crippen molar-refractivity contribution in [1.82, 2.24) is 4.90 Å². The first-order chi connectivity index (χ1) is 7.58. The van der Waals surface area contributed by atoms with Crippen molar-refractivity contribution in [2.45, 2.75) is 6.92 Å². The molecule has 0 aliphatic carbocycles. The highest BCUT2D eigenvalue weighted by molar-refractivity contribution is 5.68. The number of ether oxygens (including phenoxy) is 1. The molecule has 0 saturated carbocycles. The lowest BCUT2D eigenvalue weighted by molar-refractivity contribution is 0.413. The smallest absolute Gasteiger partial charge is 0.139 e. The van der Waals surface area contributed by atoms with Crippen LogP contribution in [0.1, 0.15) is 11.1 Å². The molecule has 0 aliphatic heterocycles. The van der Waals surface area contributed by atoms with Crippen molar-refractivity contribution < 1.29 is 4.74 Å². The number of aryl methyl sites for hydroxylation is 1. The Morgan fingerprint density at radius 1 is 1.44 bits per heavy atom. The molecule has 16 heavy (non-hydrogen) atoms. The maximum atomic E-state index is 9.07. The summed E-state index contributed by atoms with van der Waals surface area (Å²) >= 11 is 0. The van der Waals surface area contributed by atoms with Crippen LogP contribution in [0.25, 0.3) is 0 Å². The molecule has 0 bridgehead atoms. The standard InChI is InChI=1S/C12H15N3O/c1-9-5-11(14-8-15(2)3)10(7-13)12(6-9)16-4/h5-6,8H,1-4H3/b14-8+. The largest absolute Gasteiger partial charge is 0.495 e. The van der Waals surface area contributed by atoms with E-state index in [-0.39, 0.29) is 0 Å². The van der Waals surface area contributed by atoms with E-state index >= 15 is 0 Å². The predicted molar refractivity (Wildman–Crippen MR) is 64.3 cm³/mol. The van der Waals surface area contributed by atoms with Gasteiger partial charge in [0.1, 0.15) is 17.4 Å². The van der Waals surface area contributed by atoms with Gasteiger partial charge in [0.2, 0.25) is 0 Å². The SMILES string of the molecule is COc1cc(C)cc(/N=C/N(C)C)c1C#N. The average Bonchev–Trinajstić information content (AvgIpc) is 2.25. The number of benzene rings is 1. The second kappa shape index (κ2) is 5.17. The summed E-state index contributed by atoms with van der Waals surface area (Å²) in [4.78, 5) is 6.06. The van der Waals surface area contributed by atoms with Gasteiger partial charge in [-0.25, -0.2) is 4.99 Å². The van der Waals surface area contributed by atoms with Crippen molar-refractivity contribution >= 4 is 12.0 Å². The fourth-order valence-electron chi connectivity index (χ4n) is 1.29. The van der Waals surface area contributed by atoms with E-state index in [0.29, 0.717) is 17.0 Å². The fourth-order valence-corrected chi connectivity index (χ4v) is 1.29. The number of aliphatic imine (C=N–C) groups is 1. The van der Waals surface area contributed by atoms with E-state index in [9.17, 15) is 0 Å². The minimum atomic E-state index is 0.464. The summed E-state index contributed by atoms with van der Waals surface area (Å²) in [6.45, 7) is 1.94. The Balaban J connectivity index is 3.27. The highest BCUT2D eigenvalue weighted by Gasteiger charge is 2.08. The van der Waals surface area contributed by atoms with Gasteiger partial charge >= 0.3 is 0 Å². The molecule has 0 unspecified atom stereocenters. The minimum Gasteiger partial charge on any atom is -0.495 e. The van der Waals surface area contributed by atoms with Gasteiger partial charge < -0.3 is 9.64 Å². The highest BCUT2D eigenvalue weighted by Crippen LogP contribution is 2.29. The van der Waals surface area contributed by atoms with Gasteiger partial charge in [0.05, 0.1) is 19.1 Å². The first-order valence-corrected chi connectivity index (χ1v) is 4.88. The first kappa shape index (κ1) is 12.1. The summed E-state index contributed by atoms with van der Waals surface area (Å²) in [7, 11) is 5.31. The van der Waals surface area contributed by atoms with Crippen LogP contribution in [-0.2, 0) is 0 Å². The predicted octanol–water partition coefficient (Wildman–Crippen LogP) is 2.10. The van der Waals surface area contributed by atoms with Crippen molar-refractivity contribution in [2.24, 2.45) is 4.99 Å². The number of nitriles is 1. The molecule has 1 aromatic rings. The molecule has 1 aromatic carbocycles. The van der Waals surface area contributed by atoms with Crippen molar-refractivity contribution in [3.8, 4) is 11.8 Å². The van der Waals surface area contributed by atoms with E-state index in [1.165, 1.54) is 0 Å². The molecule has 0 spiro atoms. The van der Waals surface area contributed by atoms with Gasteiger partial charge in [0.25, 0.3) is 0 Å². The molecular weight excluding hydrogens is 202 g/mol. The van der Waals surface area contributed by atoms with Crippen molar-refractivity contribution in [2.75, 3.05) is 21.2 Å². The Morgan fingerprint density at radius 3 is 2.62 bits per heavy atom. The molecule has 0 aromatic heterocycles. The van der Waals surface area contributed by atoms with Crippen molar-refractivity contribution in [3.05, 3.63) is 23.3 Å². The van der Waals surface area contributed by atoms with Crippen LogP contribution in [0, 0.1) is 18.3 Å². The Labute approximate surface area is 95.8 Å². The molecule has 4 nitrogen and oxygen atoms in total. The Kier molecular flexibility index (Phi) is 3.90. The lowest BCUT2D eigenvalue weighted by Crippen LogP contribution is -2.07. The van der Waals surface area contributed by atoms with Crippen LogP contribution in [0.15, 0.2) is 17.1 Å². The molecule has 1 rings (SSSR count). The second-order valence-corrected chi connectivity index (χ2v) is 3.68. The molecule has 0 atom stereocenters. The molecule has 0 amide bonds. The van der Waals surface area contributed by atoms with Gasteiger partial charge in [-0.2, -0.15) is 5.26 Å². The van der Waals surface area contributed by atoms with Crippen LogP contribution in [-0.4, -0.2) is 32.4 Å². The third-order valence-corrected chi connectivity index (χ3v) is 1.99. The number of nitrogens with zero attached hydrogens (tertiary/aromatic N) is 3. The fraction of sp³-hybridized carbons (Fsp3) is 0.333. The summed E-state index contributed by atoms with van der Waals surface area (Å²) in [6.07, 6.45) is 1.66. The summed E-state index contributed by atoms with van der Waals surface area (Å²) < 4.78 is 5.15. The molecule has 0 aliphatic rings. The third kappa shape index (κ3) is 2.74. The van der Waals surface area contributed by atoms with Crippen molar-refractivity contribution in [1.29, 1.82) is 5.26 Å². The van der Waals surface area contributed by atoms with Gasteiger partial charge in [-0.3, -0.25) is 0 Å². The summed E-state index contributed by atoms with van der Waals surface area (Å²) in [5.41, 5.74) is 2.11. The number of rotatable bonds is 3. The van der Waals surface area contributed by atoms with E-state index in [0.717, 1.165) is 5.56 Å². The van der Waals surface area contributed by atoms with Gasteiger partial charge in [0, 0.05) is 14.1 Å². The molecule has 0 heterocycles. The third-order valence-electron chi connectivity index (χ3n) is 1.99. The van der Waals surface area contributed by atoms with Crippen LogP contribution in [0.2, 0.25) is 0 Å². The highest BCUT2D eigenvalue weighted by atomic mass is 16.5. The molecule has 0 fully saturated rings. The molecule has 0 N–H and O–H groups in total. The van der Waals surface area contributed by atoms with Gasteiger partial charge in [0.15, 0.2) is 0 Å². The zero-order valence-corrected chi connectivity index (χ0v) is 9.98. The molecule has 84 valence electrons. The first-order valence-electron chi connectivity index (χ1n) is 4.88. The summed E-state index contributed by atoms with van der Waals surface area (Å²) in [5, 5.41) is 9.07. The number of hydrogen-bond donors (Lipinski definition) is 0. The van der Waals surface area contributed by atoms with Crippen LogP contribution >= 0.6 is 0 Å². The molecule has 4 heteroatoms. The second-order valence-electron chi connectivity index (χ2n) is 3.68. The minimum absolute atomic E-state index is 0.464. The normalized spacial score (nSPS) is 10.2. The van der Waals surface area contributed by atoms with Crippen molar-refractivity contribution in [3.63, 3.8) is 0 Å². The van der Waals surface area contributed by atoms with Crippen LogP contribution in [0.5, 0.6) is 5.75 Å². The van der Waals surface area contributed by atoms with E-state index in [1.807, 2.05) is 38.1 Å².